The number of ether oxygens (including phenoxy) is 3. The van der Waals surface area contributed by atoms with Gasteiger partial charge in [-0.25, -0.2) is 4.98 Å². The normalized spacial score (nSPS) is 16.0. The van der Waals surface area contributed by atoms with Gasteiger partial charge in [0.1, 0.15) is 11.5 Å². The smallest absolute Gasteiger partial charge is 0.269 e. The standard InChI is InChI=1S/C25H27N5O5/c1-33-20-3-2-4-21(15-20)35-24-22-17-28(16-18-5-7-19(8-6-18)30(31)32)10-9-23(22)26-25(27-24)29-11-13-34-14-12-29/h2-8,15H,9-14,16-17H2,1H3. The summed E-state index contributed by atoms with van der Waals surface area (Å²) < 4.78 is 17.1. The molecule has 1 saturated heterocycles. The van der Waals surface area contributed by atoms with Gasteiger partial charge in [-0.1, -0.05) is 18.2 Å². The molecule has 1 aromatic heterocycles. The summed E-state index contributed by atoms with van der Waals surface area (Å²) in [5.41, 5.74) is 3.05. The molecule has 2 aromatic carbocycles. The van der Waals surface area contributed by atoms with Gasteiger partial charge in [-0.2, -0.15) is 4.98 Å². The highest BCUT2D eigenvalue weighted by molar-refractivity contribution is 5.45. The van der Waals surface area contributed by atoms with Crippen molar-refractivity contribution in [3.05, 3.63) is 75.5 Å². The number of nitro groups is 1. The van der Waals surface area contributed by atoms with Gasteiger partial charge in [-0.05, 0) is 17.7 Å². The Labute approximate surface area is 203 Å². The second kappa shape index (κ2) is 10.2. The van der Waals surface area contributed by atoms with Crippen molar-refractivity contribution in [2.24, 2.45) is 0 Å². The van der Waals surface area contributed by atoms with Gasteiger partial charge in [0.15, 0.2) is 0 Å². The van der Waals surface area contributed by atoms with Crippen LogP contribution in [0.5, 0.6) is 17.4 Å². The molecule has 10 heteroatoms. The van der Waals surface area contributed by atoms with Crippen LogP contribution in [-0.2, 0) is 24.2 Å². The molecule has 10 nitrogen and oxygen atoms in total. The number of methoxy groups -OCH3 is 1. The van der Waals surface area contributed by atoms with Crippen molar-refractivity contribution >= 4 is 11.6 Å². The summed E-state index contributed by atoms with van der Waals surface area (Å²) >= 11 is 0. The highest BCUT2D eigenvalue weighted by Gasteiger charge is 2.26. The lowest BCUT2D eigenvalue weighted by Gasteiger charge is -2.31. The first-order valence-corrected chi connectivity index (χ1v) is 11.6. The minimum absolute atomic E-state index is 0.0933. The largest absolute Gasteiger partial charge is 0.497 e. The first-order valence-electron chi connectivity index (χ1n) is 11.6. The van der Waals surface area contributed by atoms with E-state index in [1.165, 1.54) is 0 Å². The van der Waals surface area contributed by atoms with E-state index in [0.717, 1.165) is 42.9 Å². The lowest BCUT2D eigenvalue weighted by Crippen LogP contribution is -2.38. The van der Waals surface area contributed by atoms with Gasteiger partial charge in [0.05, 0.1) is 36.5 Å². The van der Waals surface area contributed by atoms with Crippen molar-refractivity contribution in [1.82, 2.24) is 14.9 Å². The molecular formula is C25H27N5O5. The molecule has 0 unspecified atom stereocenters. The monoisotopic (exact) mass is 477 g/mol. The second-order valence-corrected chi connectivity index (χ2v) is 8.52. The van der Waals surface area contributed by atoms with Crippen molar-refractivity contribution in [2.75, 3.05) is 44.9 Å². The highest BCUT2D eigenvalue weighted by atomic mass is 16.6. The van der Waals surface area contributed by atoms with Crippen LogP contribution < -0.4 is 14.4 Å². The molecule has 0 radical (unpaired) electrons. The Bertz CT molecular complexity index is 1200. The van der Waals surface area contributed by atoms with Crippen LogP contribution in [0.25, 0.3) is 0 Å². The molecule has 0 bridgehead atoms. The van der Waals surface area contributed by atoms with Crippen molar-refractivity contribution in [3.8, 4) is 17.4 Å². The zero-order valence-corrected chi connectivity index (χ0v) is 19.6. The van der Waals surface area contributed by atoms with Crippen LogP contribution in [0, 0.1) is 10.1 Å². The Hall–Kier alpha value is -3.76. The first kappa shape index (κ1) is 23.0. The third-order valence-electron chi connectivity index (χ3n) is 6.19. The Kier molecular flexibility index (Phi) is 6.73. The zero-order valence-electron chi connectivity index (χ0n) is 19.6. The van der Waals surface area contributed by atoms with Crippen LogP contribution in [0.1, 0.15) is 16.8 Å². The number of aromatic nitrogens is 2. The number of nitrogens with zero attached hydrogens (tertiary/aromatic N) is 5. The van der Waals surface area contributed by atoms with E-state index in [9.17, 15) is 10.1 Å². The van der Waals surface area contributed by atoms with Crippen molar-refractivity contribution in [3.63, 3.8) is 0 Å². The molecule has 3 aromatic rings. The Balaban J connectivity index is 1.42. The highest BCUT2D eigenvalue weighted by Crippen LogP contribution is 2.33. The summed E-state index contributed by atoms with van der Waals surface area (Å²) in [6.07, 6.45) is 0.761. The molecule has 35 heavy (non-hydrogen) atoms. The number of anilines is 1. The molecule has 2 aliphatic heterocycles. The third kappa shape index (κ3) is 5.33. The first-order chi connectivity index (χ1) is 17.1. The molecule has 0 spiro atoms. The Morgan fingerprint density at radius 1 is 1.06 bits per heavy atom. The van der Waals surface area contributed by atoms with E-state index >= 15 is 0 Å². The minimum atomic E-state index is -0.382. The number of morpholine rings is 1. The van der Waals surface area contributed by atoms with Gasteiger partial charge in [0, 0.05) is 57.3 Å². The lowest BCUT2D eigenvalue weighted by atomic mass is 10.1. The van der Waals surface area contributed by atoms with Crippen molar-refractivity contribution in [1.29, 1.82) is 0 Å². The van der Waals surface area contributed by atoms with Crippen LogP contribution in [0.3, 0.4) is 0 Å². The van der Waals surface area contributed by atoms with E-state index in [1.807, 2.05) is 24.3 Å². The summed E-state index contributed by atoms with van der Waals surface area (Å²) in [4.78, 5) is 24.7. The summed E-state index contributed by atoms with van der Waals surface area (Å²) in [6, 6.07) is 14.2. The number of nitro benzene ring substituents is 1. The maximum atomic E-state index is 11.0. The zero-order chi connectivity index (χ0) is 24.2. The molecule has 0 amide bonds. The number of hydrogen-bond donors (Lipinski definition) is 0. The fourth-order valence-corrected chi connectivity index (χ4v) is 4.31. The van der Waals surface area contributed by atoms with E-state index in [2.05, 4.69) is 9.80 Å². The van der Waals surface area contributed by atoms with E-state index in [-0.39, 0.29) is 10.6 Å². The van der Waals surface area contributed by atoms with Crippen LogP contribution in [-0.4, -0.2) is 59.7 Å². The van der Waals surface area contributed by atoms with Gasteiger partial charge in [-0.15, -0.1) is 0 Å². The molecular weight excluding hydrogens is 450 g/mol. The predicted octanol–water partition coefficient (Wildman–Crippen LogP) is 3.58. The van der Waals surface area contributed by atoms with Crippen LogP contribution in [0.2, 0.25) is 0 Å². The van der Waals surface area contributed by atoms with Gasteiger partial charge in [0.2, 0.25) is 11.8 Å². The second-order valence-electron chi connectivity index (χ2n) is 8.52. The molecule has 0 N–H and O–H groups in total. The molecule has 3 heterocycles. The number of rotatable bonds is 7. The molecule has 5 rings (SSSR count). The summed E-state index contributed by atoms with van der Waals surface area (Å²) in [5, 5.41) is 11.0. The maximum absolute atomic E-state index is 11.0. The van der Waals surface area contributed by atoms with Crippen LogP contribution in [0.4, 0.5) is 11.6 Å². The predicted molar refractivity (Wildman–Crippen MR) is 129 cm³/mol. The van der Waals surface area contributed by atoms with E-state index in [1.54, 1.807) is 31.4 Å². The maximum Gasteiger partial charge on any atom is 0.269 e. The number of benzene rings is 2. The van der Waals surface area contributed by atoms with Gasteiger partial charge < -0.3 is 19.1 Å². The SMILES string of the molecule is COc1cccc(Oc2nc(N3CCOCC3)nc3c2CN(Cc2ccc([N+](=O)[O-])cc2)CC3)c1. The molecule has 1 fully saturated rings. The van der Waals surface area contributed by atoms with Crippen LogP contribution in [0.15, 0.2) is 48.5 Å². The van der Waals surface area contributed by atoms with Crippen LogP contribution >= 0.6 is 0 Å². The summed E-state index contributed by atoms with van der Waals surface area (Å²) in [6.45, 7) is 4.89. The van der Waals surface area contributed by atoms with E-state index < -0.39 is 0 Å². The number of fused-ring (bicyclic) bond motifs is 1. The topological polar surface area (TPSA) is 103 Å². The molecule has 0 atom stereocenters. The number of hydrogen-bond acceptors (Lipinski definition) is 9. The lowest BCUT2D eigenvalue weighted by molar-refractivity contribution is -0.384. The Morgan fingerprint density at radius 3 is 2.57 bits per heavy atom. The Morgan fingerprint density at radius 2 is 1.83 bits per heavy atom. The molecule has 0 aliphatic carbocycles. The van der Waals surface area contributed by atoms with Crippen molar-refractivity contribution in [2.45, 2.75) is 19.5 Å². The van der Waals surface area contributed by atoms with Gasteiger partial charge in [0.25, 0.3) is 5.69 Å². The van der Waals surface area contributed by atoms with E-state index in [4.69, 9.17) is 24.2 Å². The molecule has 182 valence electrons. The summed E-state index contributed by atoms with van der Waals surface area (Å²) in [7, 11) is 1.62. The molecule has 2 aliphatic rings. The summed E-state index contributed by atoms with van der Waals surface area (Å²) in [5.74, 6) is 2.55. The average Bonchev–Trinajstić information content (AvgIpc) is 2.90. The third-order valence-corrected chi connectivity index (χ3v) is 6.19. The van der Waals surface area contributed by atoms with E-state index in [0.29, 0.717) is 49.6 Å². The van der Waals surface area contributed by atoms with Gasteiger partial charge in [-0.3, -0.25) is 15.0 Å². The van der Waals surface area contributed by atoms with Gasteiger partial charge >= 0.3 is 0 Å². The fourth-order valence-electron chi connectivity index (χ4n) is 4.31. The molecule has 0 saturated carbocycles. The quantitative estimate of drug-likeness (QED) is 0.373. The number of non-ortho nitro benzene ring substituents is 1. The van der Waals surface area contributed by atoms with Crippen molar-refractivity contribution < 1.29 is 19.1 Å². The fraction of sp³-hybridized carbons (Fsp3) is 0.360. The minimum Gasteiger partial charge on any atom is -0.497 e. The average molecular weight is 478 g/mol.